The van der Waals surface area contributed by atoms with Gasteiger partial charge in [-0.25, -0.2) is 4.79 Å². The summed E-state index contributed by atoms with van der Waals surface area (Å²) in [5.74, 6) is 0. The number of carbonyl (C=O) groups excluding carboxylic acids is 1. The van der Waals surface area contributed by atoms with Crippen molar-refractivity contribution in [3.05, 3.63) is 58.3 Å². The molecule has 1 N–H and O–H groups in total. The van der Waals surface area contributed by atoms with E-state index in [9.17, 15) is 4.79 Å². The van der Waals surface area contributed by atoms with Gasteiger partial charge in [-0.1, -0.05) is 36.4 Å². The Labute approximate surface area is 124 Å². The summed E-state index contributed by atoms with van der Waals surface area (Å²) in [6, 6.07) is 14.2. The summed E-state index contributed by atoms with van der Waals surface area (Å²) in [6.07, 6.45) is 0. The summed E-state index contributed by atoms with van der Waals surface area (Å²) in [6.45, 7) is 5.30. The summed E-state index contributed by atoms with van der Waals surface area (Å²) in [4.78, 5) is 15.3. The fourth-order valence-electron chi connectivity index (χ4n) is 1.95. The van der Waals surface area contributed by atoms with E-state index in [0.717, 1.165) is 5.56 Å². The van der Waals surface area contributed by atoms with Gasteiger partial charge in [0.15, 0.2) is 0 Å². The van der Waals surface area contributed by atoms with Gasteiger partial charge in [0.1, 0.15) is 0 Å². The van der Waals surface area contributed by atoms with Crippen LogP contribution in [0.25, 0.3) is 0 Å². The highest BCUT2D eigenvalue weighted by atomic mass is 32.1. The van der Waals surface area contributed by atoms with Gasteiger partial charge in [0.25, 0.3) is 0 Å². The summed E-state index contributed by atoms with van der Waals surface area (Å²) in [5, 5.41) is 5.00. The molecule has 1 aromatic heterocycles. The van der Waals surface area contributed by atoms with Crippen molar-refractivity contribution in [2.45, 2.75) is 33.0 Å². The number of benzene rings is 1. The first-order chi connectivity index (χ1) is 9.66. The zero-order chi connectivity index (χ0) is 14.4. The average molecular weight is 288 g/mol. The molecule has 0 spiro atoms. The Kier molecular flexibility index (Phi) is 5.18. The van der Waals surface area contributed by atoms with Crippen molar-refractivity contribution in [3.63, 3.8) is 0 Å². The SMILES string of the molecule is CC(C)N(Cc1ccccc1)C(=O)NCc1cccs1. The molecule has 0 aliphatic rings. The number of nitrogens with one attached hydrogen (secondary N) is 1. The lowest BCUT2D eigenvalue weighted by molar-refractivity contribution is 0.179. The third-order valence-electron chi connectivity index (χ3n) is 3.07. The van der Waals surface area contributed by atoms with Gasteiger partial charge < -0.3 is 10.2 Å². The predicted octanol–water partition coefficient (Wildman–Crippen LogP) is 3.87. The van der Waals surface area contributed by atoms with E-state index in [4.69, 9.17) is 0 Å². The normalized spacial score (nSPS) is 10.6. The molecule has 0 bridgehead atoms. The first kappa shape index (κ1) is 14.6. The molecule has 106 valence electrons. The van der Waals surface area contributed by atoms with Gasteiger partial charge >= 0.3 is 6.03 Å². The molecule has 0 saturated carbocycles. The molecule has 1 heterocycles. The zero-order valence-corrected chi connectivity index (χ0v) is 12.7. The van der Waals surface area contributed by atoms with Gasteiger partial charge in [-0.05, 0) is 30.9 Å². The maximum absolute atomic E-state index is 12.3. The highest BCUT2D eigenvalue weighted by molar-refractivity contribution is 7.09. The molecule has 0 unspecified atom stereocenters. The second kappa shape index (κ2) is 7.10. The fraction of sp³-hybridized carbons (Fsp3) is 0.312. The number of urea groups is 1. The summed E-state index contributed by atoms with van der Waals surface area (Å²) < 4.78 is 0. The van der Waals surface area contributed by atoms with Gasteiger partial charge in [0, 0.05) is 17.5 Å². The van der Waals surface area contributed by atoms with Gasteiger partial charge in [-0.2, -0.15) is 0 Å². The number of carbonyl (C=O) groups is 1. The molecule has 0 saturated heterocycles. The zero-order valence-electron chi connectivity index (χ0n) is 11.9. The highest BCUT2D eigenvalue weighted by Crippen LogP contribution is 2.10. The van der Waals surface area contributed by atoms with Crippen molar-refractivity contribution in [2.75, 3.05) is 0 Å². The summed E-state index contributed by atoms with van der Waals surface area (Å²) in [7, 11) is 0. The minimum Gasteiger partial charge on any atom is -0.333 e. The number of hydrogen-bond acceptors (Lipinski definition) is 2. The van der Waals surface area contributed by atoms with Crippen molar-refractivity contribution >= 4 is 17.4 Å². The molecule has 0 aliphatic heterocycles. The third-order valence-corrected chi connectivity index (χ3v) is 3.95. The van der Waals surface area contributed by atoms with Gasteiger partial charge in [0.05, 0.1) is 6.54 Å². The lowest BCUT2D eigenvalue weighted by Gasteiger charge is -2.27. The Morgan fingerprint density at radius 1 is 1.20 bits per heavy atom. The van der Waals surface area contributed by atoms with E-state index in [1.54, 1.807) is 11.3 Å². The fourth-order valence-corrected chi connectivity index (χ4v) is 2.59. The molecular formula is C16H20N2OS. The van der Waals surface area contributed by atoms with E-state index in [-0.39, 0.29) is 12.1 Å². The second-order valence-electron chi connectivity index (χ2n) is 4.95. The van der Waals surface area contributed by atoms with E-state index < -0.39 is 0 Å². The van der Waals surface area contributed by atoms with Crippen LogP contribution in [0.3, 0.4) is 0 Å². The highest BCUT2D eigenvalue weighted by Gasteiger charge is 2.16. The van der Waals surface area contributed by atoms with Crippen LogP contribution in [0.15, 0.2) is 47.8 Å². The quantitative estimate of drug-likeness (QED) is 0.890. The lowest BCUT2D eigenvalue weighted by atomic mass is 10.2. The van der Waals surface area contributed by atoms with Crippen LogP contribution in [0.4, 0.5) is 4.79 Å². The van der Waals surface area contributed by atoms with Crippen LogP contribution >= 0.6 is 11.3 Å². The second-order valence-corrected chi connectivity index (χ2v) is 5.98. The molecule has 0 radical (unpaired) electrons. The third kappa shape index (κ3) is 4.10. The molecule has 2 amide bonds. The van der Waals surface area contributed by atoms with E-state index in [0.29, 0.717) is 13.1 Å². The monoisotopic (exact) mass is 288 g/mol. The first-order valence-corrected chi connectivity index (χ1v) is 7.65. The van der Waals surface area contributed by atoms with E-state index >= 15 is 0 Å². The van der Waals surface area contributed by atoms with Crippen molar-refractivity contribution in [1.29, 1.82) is 0 Å². The van der Waals surface area contributed by atoms with Crippen molar-refractivity contribution in [1.82, 2.24) is 10.2 Å². The number of rotatable bonds is 5. The molecule has 20 heavy (non-hydrogen) atoms. The molecule has 4 heteroatoms. The van der Waals surface area contributed by atoms with Crippen LogP contribution < -0.4 is 5.32 Å². The van der Waals surface area contributed by atoms with Crippen LogP contribution in [0.2, 0.25) is 0 Å². The van der Waals surface area contributed by atoms with E-state index in [2.05, 4.69) is 5.32 Å². The molecule has 2 aromatic rings. The smallest absolute Gasteiger partial charge is 0.318 e. The predicted molar refractivity (Wildman–Crippen MR) is 83.7 cm³/mol. The van der Waals surface area contributed by atoms with E-state index in [1.165, 1.54) is 4.88 Å². The minimum absolute atomic E-state index is 0.0164. The van der Waals surface area contributed by atoms with Crippen LogP contribution in [-0.2, 0) is 13.1 Å². The first-order valence-electron chi connectivity index (χ1n) is 6.77. The lowest BCUT2D eigenvalue weighted by Crippen LogP contribution is -2.43. The van der Waals surface area contributed by atoms with Gasteiger partial charge in [-0.3, -0.25) is 0 Å². The maximum Gasteiger partial charge on any atom is 0.318 e. The average Bonchev–Trinajstić information content (AvgIpc) is 2.96. The molecule has 3 nitrogen and oxygen atoms in total. The molecule has 0 aliphatic carbocycles. The van der Waals surface area contributed by atoms with Crippen LogP contribution in [0.5, 0.6) is 0 Å². The summed E-state index contributed by atoms with van der Waals surface area (Å²) in [5.41, 5.74) is 1.15. The number of nitrogens with zero attached hydrogens (tertiary/aromatic N) is 1. The van der Waals surface area contributed by atoms with Crippen molar-refractivity contribution < 1.29 is 4.79 Å². The molecular weight excluding hydrogens is 268 g/mol. The van der Waals surface area contributed by atoms with Crippen LogP contribution in [0.1, 0.15) is 24.3 Å². The van der Waals surface area contributed by atoms with E-state index in [1.807, 2.05) is 66.6 Å². The molecule has 0 fully saturated rings. The Balaban J connectivity index is 1.95. The topological polar surface area (TPSA) is 32.3 Å². The Hall–Kier alpha value is -1.81. The van der Waals surface area contributed by atoms with Crippen LogP contribution in [0, 0.1) is 0 Å². The number of amides is 2. The van der Waals surface area contributed by atoms with Crippen LogP contribution in [-0.4, -0.2) is 17.0 Å². The van der Waals surface area contributed by atoms with Gasteiger partial charge in [0.2, 0.25) is 0 Å². The summed E-state index contributed by atoms with van der Waals surface area (Å²) >= 11 is 1.66. The van der Waals surface area contributed by atoms with Crippen molar-refractivity contribution in [3.8, 4) is 0 Å². The number of thiophene rings is 1. The molecule has 1 aromatic carbocycles. The maximum atomic E-state index is 12.3. The van der Waals surface area contributed by atoms with Gasteiger partial charge in [-0.15, -0.1) is 11.3 Å². The van der Waals surface area contributed by atoms with Crippen molar-refractivity contribution in [2.24, 2.45) is 0 Å². The standard InChI is InChI=1S/C16H20N2OS/c1-13(2)18(12-14-7-4-3-5-8-14)16(19)17-11-15-9-6-10-20-15/h3-10,13H,11-12H2,1-2H3,(H,17,19). The molecule has 2 rings (SSSR count). The Morgan fingerprint density at radius 3 is 2.55 bits per heavy atom. The number of hydrogen-bond donors (Lipinski definition) is 1. The molecule has 0 atom stereocenters. The Bertz CT molecular complexity index is 523. The Morgan fingerprint density at radius 2 is 1.95 bits per heavy atom. The minimum atomic E-state index is -0.0164. The largest absolute Gasteiger partial charge is 0.333 e.